The van der Waals surface area contributed by atoms with Crippen molar-refractivity contribution in [2.75, 3.05) is 0 Å². The molecule has 4 unspecified atom stereocenters. The van der Waals surface area contributed by atoms with E-state index in [2.05, 4.69) is 47.6 Å². The van der Waals surface area contributed by atoms with Crippen molar-refractivity contribution >= 4 is 10.8 Å². The molecule has 0 bridgehead atoms. The Morgan fingerprint density at radius 1 is 0.818 bits per heavy atom. The summed E-state index contributed by atoms with van der Waals surface area (Å²) >= 11 is 0. The van der Waals surface area contributed by atoms with Crippen LogP contribution in [-0.4, -0.2) is 27.4 Å². The van der Waals surface area contributed by atoms with Gasteiger partial charge < -0.3 is 15.2 Å². The number of aliphatic hydroxyl groups is 2. The molecule has 0 amide bonds. The summed E-state index contributed by atoms with van der Waals surface area (Å²) in [7, 11) is 0. The minimum Gasteiger partial charge on any atom is -0.393 e. The third-order valence-electron chi connectivity index (χ3n) is 7.92. The number of hydrogen-bond donors (Lipinski definition) is 2. The second-order valence-corrected chi connectivity index (χ2v) is 9.88. The fraction of sp³-hybridized carbons (Fsp3) is 0.483. The average molecular weight is 621 g/mol. The number of pyridine rings is 1. The second kappa shape index (κ2) is 11.2. The van der Waals surface area contributed by atoms with Gasteiger partial charge in [0.2, 0.25) is 0 Å². The van der Waals surface area contributed by atoms with Gasteiger partial charge in [0.25, 0.3) is 0 Å². The molecule has 1 radical (unpaired) electrons. The Morgan fingerprint density at radius 2 is 1.64 bits per heavy atom. The molecule has 3 aliphatic carbocycles. The maximum Gasteiger partial charge on any atom is 0.0595 e. The second-order valence-electron chi connectivity index (χ2n) is 9.88. The fourth-order valence-electron chi connectivity index (χ4n) is 6.26. The van der Waals surface area contributed by atoms with E-state index in [9.17, 15) is 10.2 Å². The van der Waals surface area contributed by atoms with Crippen LogP contribution in [0.4, 0.5) is 0 Å². The van der Waals surface area contributed by atoms with Gasteiger partial charge in [-0.2, -0.15) is 0 Å². The van der Waals surface area contributed by atoms with Crippen LogP contribution in [0, 0.1) is 17.9 Å². The van der Waals surface area contributed by atoms with E-state index in [1.54, 1.807) is 0 Å². The van der Waals surface area contributed by atoms with Gasteiger partial charge in [0.15, 0.2) is 0 Å². The molecular weight excluding hydrogens is 587 g/mol. The molecule has 3 nitrogen and oxygen atoms in total. The first kappa shape index (κ1) is 24.5. The van der Waals surface area contributed by atoms with Crippen molar-refractivity contribution in [2.24, 2.45) is 11.8 Å². The molecule has 0 saturated heterocycles. The van der Waals surface area contributed by atoms with Crippen LogP contribution in [0.2, 0.25) is 0 Å². The van der Waals surface area contributed by atoms with Crippen LogP contribution in [0.25, 0.3) is 22.0 Å². The first-order valence-corrected chi connectivity index (χ1v) is 12.4. The van der Waals surface area contributed by atoms with Crippen molar-refractivity contribution in [3.63, 3.8) is 0 Å². The molecule has 33 heavy (non-hydrogen) atoms. The standard InChI is InChI=1S/C20H18N.C9H16O2.Ir/c1-2-9-16(10-3-1)20-13-17-11-6-12-18(19(17)14-21-20)15-7-4-5-8-15;10-7-3-1-2-6-4-5-8(11)9(6)7;/h1-3,6,9,11-15H,4-5,7-8H2;6-11H,1-5H2;/q-1;;. The van der Waals surface area contributed by atoms with E-state index in [4.69, 9.17) is 0 Å². The first-order chi connectivity index (χ1) is 15.7. The summed E-state index contributed by atoms with van der Waals surface area (Å²) in [6, 6.07) is 20.2. The Morgan fingerprint density at radius 3 is 2.39 bits per heavy atom. The molecule has 3 aliphatic rings. The predicted octanol–water partition coefficient (Wildman–Crippen LogP) is 6.28. The Kier molecular flexibility index (Phi) is 8.35. The average Bonchev–Trinajstić information content (AvgIpc) is 3.50. The van der Waals surface area contributed by atoms with Crippen LogP contribution in [0.5, 0.6) is 0 Å². The van der Waals surface area contributed by atoms with Crippen LogP contribution in [-0.2, 0) is 20.1 Å². The number of rotatable bonds is 2. The van der Waals surface area contributed by atoms with Gasteiger partial charge in [0.05, 0.1) is 12.2 Å². The van der Waals surface area contributed by atoms with Gasteiger partial charge in [0, 0.05) is 37.6 Å². The Hall–Kier alpha value is -1.58. The number of aliphatic hydroxyl groups excluding tert-OH is 2. The zero-order chi connectivity index (χ0) is 21.9. The Labute approximate surface area is 211 Å². The SMILES string of the molecule is OC1CCCC2CCC(O)C12.[Ir].[c-]1ccccc1-c1cc2cccc(C3CCCC3)c2cn1. The molecule has 3 saturated carbocycles. The number of fused-ring (bicyclic) bond motifs is 2. The van der Waals surface area contributed by atoms with Gasteiger partial charge in [-0.3, -0.25) is 0 Å². The Balaban J connectivity index is 0.000000183. The fourth-order valence-corrected chi connectivity index (χ4v) is 6.26. The maximum atomic E-state index is 9.59. The van der Waals surface area contributed by atoms with E-state index in [0.29, 0.717) is 5.92 Å². The summed E-state index contributed by atoms with van der Waals surface area (Å²) in [6.07, 6.45) is 12.3. The van der Waals surface area contributed by atoms with Crippen molar-refractivity contribution in [1.29, 1.82) is 0 Å². The van der Waals surface area contributed by atoms with E-state index < -0.39 is 0 Å². The number of nitrogens with zero attached hydrogens (tertiary/aromatic N) is 1. The summed E-state index contributed by atoms with van der Waals surface area (Å²) in [5.41, 5.74) is 3.55. The van der Waals surface area contributed by atoms with Gasteiger partial charge in [-0.05, 0) is 67.0 Å². The van der Waals surface area contributed by atoms with Crippen LogP contribution in [0.3, 0.4) is 0 Å². The van der Waals surface area contributed by atoms with E-state index in [-0.39, 0.29) is 38.2 Å². The van der Waals surface area contributed by atoms with E-state index in [0.717, 1.165) is 42.9 Å². The third-order valence-corrected chi connectivity index (χ3v) is 7.92. The van der Waals surface area contributed by atoms with Crippen molar-refractivity contribution in [3.8, 4) is 11.3 Å². The van der Waals surface area contributed by atoms with Crippen LogP contribution in [0.15, 0.2) is 54.7 Å². The molecule has 1 aromatic heterocycles. The topological polar surface area (TPSA) is 53.4 Å². The van der Waals surface area contributed by atoms with Crippen molar-refractivity contribution in [1.82, 2.24) is 4.98 Å². The monoisotopic (exact) mass is 621 g/mol. The predicted molar refractivity (Wildman–Crippen MR) is 129 cm³/mol. The van der Waals surface area contributed by atoms with Crippen LogP contribution >= 0.6 is 0 Å². The molecule has 1 heterocycles. The summed E-state index contributed by atoms with van der Waals surface area (Å²) < 4.78 is 0. The molecule has 4 heteroatoms. The Bertz CT molecular complexity index is 1030. The minimum absolute atomic E-state index is 0. The summed E-state index contributed by atoms with van der Waals surface area (Å²) in [6.45, 7) is 0. The van der Waals surface area contributed by atoms with Gasteiger partial charge in [-0.1, -0.05) is 43.5 Å². The first-order valence-electron chi connectivity index (χ1n) is 12.4. The summed E-state index contributed by atoms with van der Waals surface area (Å²) in [5, 5.41) is 21.7. The van der Waals surface area contributed by atoms with Gasteiger partial charge in [-0.25, -0.2) is 0 Å². The quantitative estimate of drug-likeness (QED) is 0.332. The normalized spacial score (nSPS) is 26.8. The zero-order valence-corrected chi connectivity index (χ0v) is 21.5. The maximum absolute atomic E-state index is 9.59. The van der Waals surface area contributed by atoms with Crippen molar-refractivity contribution in [3.05, 3.63) is 66.4 Å². The van der Waals surface area contributed by atoms with Crippen LogP contribution in [0.1, 0.15) is 69.3 Å². The molecule has 0 aliphatic heterocycles. The number of aromatic nitrogens is 1. The van der Waals surface area contributed by atoms with E-state index in [1.807, 2.05) is 18.2 Å². The third kappa shape index (κ3) is 5.41. The molecule has 3 aromatic rings. The zero-order valence-electron chi connectivity index (χ0n) is 19.1. The molecule has 4 atom stereocenters. The minimum atomic E-state index is -0.216. The van der Waals surface area contributed by atoms with Gasteiger partial charge in [-0.15, -0.1) is 35.9 Å². The smallest absolute Gasteiger partial charge is 0.0595 e. The molecule has 0 spiro atoms. The van der Waals surface area contributed by atoms with Crippen molar-refractivity contribution < 1.29 is 30.3 Å². The molecular formula is C29H34IrNO2-. The van der Waals surface area contributed by atoms with E-state index in [1.165, 1.54) is 48.4 Å². The molecule has 3 fully saturated rings. The van der Waals surface area contributed by atoms with Crippen LogP contribution < -0.4 is 0 Å². The number of hydrogen-bond acceptors (Lipinski definition) is 3. The van der Waals surface area contributed by atoms with Gasteiger partial charge in [0.1, 0.15) is 0 Å². The molecule has 2 N–H and O–H groups in total. The molecule has 6 rings (SSSR count). The van der Waals surface area contributed by atoms with Crippen molar-refractivity contribution in [2.45, 2.75) is 75.9 Å². The summed E-state index contributed by atoms with van der Waals surface area (Å²) in [4.78, 5) is 4.68. The summed E-state index contributed by atoms with van der Waals surface area (Å²) in [5.74, 6) is 1.56. The number of benzene rings is 2. The molecule has 177 valence electrons. The largest absolute Gasteiger partial charge is 0.393 e. The van der Waals surface area contributed by atoms with E-state index >= 15 is 0 Å². The molecule has 2 aromatic carbocycles. The van der Waals surface area contributed by atoms with Gasteiger partial charge >= 0.3 is 0 Å².